The normalized spacial score (nSPS) is 13.9. The number of unbranched alkanes of at least 4 members (excludes halogenated alkanes) is 2. The molecule has 0 aliphatic heterocycles. The molecule has 0 saturated carbocycles. The summed E-state index contributed by atoms with van der Waals surface area (Å²) in [5.41, 5.74) is -3.16. The smallest absolute Gasteiger partial charge is 0.426 e. The van der Waals surface area contributed by atoms with Crippen LogP contribution >= 0.6 is 15.9 Å². The number of carboxylic acid groups (broad SMARTS) is 1. The highest BCUT2D eigenvalue weighted by molar-refractivity contribution is 9.10. The van der Waals surface area contributed by atoms with Crippen LogP contribution < -0.4 is 26.5 Å². The molecule has 10 nitrogen and oxygen atoms in total. The third kappa shape index (κ3) is 11.5. The molecule has 0 aliphatic carbocycles. The molecular weight excluding hydrogens is 866 g/mol. The lowest BCUT2D eigenvalue weighted by Crippen LogP contribution is -2.67. The van der Waals surface area contributed by atoms with Crippen LogP contribution in [-0.2, 0) is 26.7 Å². The highest BCUT2D eigenvalue weighted by Crippen LogP contribution is 2.41. The maximum atomic E-state index is 15.1. The summed E-state index contributed by atoms with van der Waals surface area (Å²) in [6.45, 7) is 7.69. The Kier molecular flexibility index (Phi) is 15.5. The van der Waals surface area contributed by atoms with Crippen molar-refractivity contribution < 1.29 is 55.0 Å². The van der Waals surface area contributed by atoms with E-state index in [1.54, 1.807) is 34.4 Å². The van der Waals surface area contributed by atoms with Gasteiger partial charge in [0.15, 0.2) is 5.69 Å². The second-order valence-corrected chi connectivity index (χ2v) is 19.9. The predicted molar refractivity (Wildman–Crippen MR) is 215 cm³/mol. The summed E-state index contributed by atoms with van der Waals surface area (Å²) in [4.78, 5) is 41.4. The number of pyridine rings is 1. The molecule has 18 heteroatoms. The van der Waals surface area contributed by atoms with Crippen LogP contribution in [0, 0.1) is 0 Å². The van der Waals surface area contributed by atoms with E-state index in [1.165, 1.54) is 12.1 Å². The molecule has 4 aromatic rings. The van der Waals surface area contributed by atoms with Crippen LogP contribution in [0.25, 0.3) is 0 Å². The molecule has 59 heavy (non-hydrogen) atoms. The number of carbonyl (C=O) groups is 3. The maximum Gasteiger partial charge on any atom is 0.426 e. The van der Waals surface area contributed by atoms with Crippen molar-refractivity contribution in [1.82, 2.24) is 15.8 Å². The summed E-state index contributed by atoms with van der Waals surface area (Å²) in [5, 5.41) is 12.6. The third-order valence-electron chi connectivity index (χ3n) is 9.61. The minimum absolute atomic E-state index is 0.151. The number of aromatic nitrogens is 1. The zero-order valence-electron chi connectivity index (χ0n) is 32.6. The van der Waals surface area contributed by atoms with Crippen molar-refractivity contribution in [3.63, 3.8) is 0 Å². The van der Waals surface area contributed by atoms with Crippen LogP contribution in [0.2, 0.25) is 5.04 Å². The number of anilines is 1. The number of ether oxygens (including phenoxy) is 1. The van der Waals surface area contributed by atoms with E-state index >= 15 is 13.2 Å². The molecule has 0 aliphatic rings. The molecule has 0 bridgehead atoms. The number of hydrazine groups is 1. The average molecular weight is 912 g/mol. The first-order chi connectivity index (χ1) is 27.6. The summed E-state index contributed by atoms with van der Waals surface area (Å²) in [7, 11) is -2.91. The zero-order chi connectivity index (χ0) is 43.6. The maximum absolute atomic E-state index is 15.1. The van der Waals surface area contributed by atoms with Crippen molar-refractivity contribution in [3.8, 4) is 0 Å². The molecule has 0 fully saturated rings. The molecule has 2 atom stereocenters. The van der Waals surface area contributed by atoms with Crippen molar-refractivity contribution in [2.24, 2.45) is 0 Å². The van der Waals surface area contributed by atoms with E-state index in [4.69, 9.17) is 14.3 Å². The number of carbonyl (C=O) groups excluding carboxylic acids is 2. The van der Waals surface area contributed by atoms with Gasteiger partial charge in [-0.1, -0.05) is 125 Å². The number of hydrogen-bond acceptors (Lipinski definition) is 6. The van der Waals surface area contributed by atoms with E-state index in [-0.39, 0.29) is 30.1 Å². The Balaban J connectivity index is 1.54. The Labute approximate surface area is 347 Å². The lowest BCUT2D eigenvalue weighted by Gasteiger charge is -2.44. The van der Waals surface area contributed by atoms with Crippen molar-refractivity contribution in [1.29, 1.82) is 0 Å². The van der Waals surface area contributed by atoms with Crippen molar-refractivity contribution in [2.45, 2.75) is 95.5 Å². The molecule has 0 spiro atoms. The first-order valence-corrected chi connectivity index (χ1v) is 21.2. The Morgan fingerprint density at radius 2 is 1.36 bits per heavy atom. The van der Waals surface area contributed by atoms with Crippen LogP contribution in [0.3, 0.4) is 0 Å². The van der Waals surface area contributed by atoms with E-state index in [0.717, 1.165) is 10.4 Å². The molecule has 0 radical (unpaired) electrons. The van der Waals surface area contributed by atoms with E-state index in [0.29, 0.717) is 18.4 Å². The number of nitrogens with one attached hydrogen (secondary N) is 3. The fraction of sp³-hybridized carbons (Fsp3) is 0.366. The Hall–Kier alpha value is -4.78. The SMILES string of the molecule is CC(CCCCC[C@@](OCc1ccccc1)(C(=O)NNC(=O)c1nc(Br)c(C(F)(F)F)cc1NC(=O)O)C(F)(F)F)O[Si](c1ccccc1)(c1ccccc1)C(C)(C)C. The van der Waals surface area contributed by atoms with Gasteiger partial charge in [0.1, 0.15) is 4.60 Å². The minimum atomic E-state index is -5.33. The van der Waals surface area contributed by atoms with Gasteiger partial charge in [0.25, 0.3) is 20.1 Å². The monoisotopic (exact) mass is 910 g/mol. The molecular formula is C41H45BrF6N4O6Si. The molecule has 3 aromatic carbocycles. The lowest BCUT2D eigenvalue weighted by atomic mass is 9.93. The number of amides is 3. The van der Waals surface area contributed by atoms with Gasteiger partial charge in [-0.2, -0.15) is 26.3 Å². The van der Waals surface area contributed by atoms with Gasteiger partial charge in [-0.25, -0.2) is 9.78 Å². The second kappa shape index (κ2) is 19.5. The number of benzene rings is 3. The zero-order valence-corrected chi connectivity index (χ0v) is 35.2. The number of nitrogens with zero attached hydrogens (tertiary/aromatic N) is 1. The number of alkyl halides is 6. The van der Waals surface area contributed by atoms with Crippen LogP contribution in [0.1, 0.15) is 81.4 Å². The molecule has 318 valence electrons. The van der Waals surface area contributed by atoms with Crippen LogP contribution in [0.15, 0.2) is 102 Å². The van der Waals surface area contributed by atoms with Gasteiger partial charge >= 0.3 is 18.4 Å². The molecule has 3 amide bonds. The second-order valence-electron chi connectivity index (χ2n) is 14.8. The molecule has 4 rings (SSSR count). The fourth-order valence-corrected chi connectivity index (χ4v) is 12.0. The van der Waals surface area contributed by atoms with Gasteiger partial charge in [-0.15, -0.1) is 0 Å². The number of halogens is 7. The minimum Gasteiger partial charge on any atom is -0.465 e. The summed E-state index contributed by atoms with van der Waals surface area (Å²) >= 11 is 2.58. The van der Waals surface area contributed by atoms with Gasteiger partial charge in [-0.3, -0.25) is 25.8 Å². The summed E-state index contributed by atoms with van der Waals surface area (Å²) in [6, 6.07) is 28.0. The summed E-state index contributed by atoms with van der Waals surface area (Å²) in [5.74, 6) is -3.35. The van der Waals surface area contributed by atoms with Gasteiger partial charge in [0.2, 0.25) is 5.60 Å². The summed E-state index contributed by atoms with van der Waals surface area (Å²) in [6.07, 6.45) is -12.4. The Morgan fingerprint density at radius 3 is 1.85 bits per heavy atom. The Bertz CT molecular complexity index is 2000. The van der Waals surface area contributed by atoms with Crippen molar-refractivity contribution in [2.75, 3.05) is 5.32 Å². The van der Waals surface area contributed by atoms with Crippen LogP contribution in [0.5, 0.6) is 0 Å². The van der Waals surface area contributed by atoms with Gasteiger partial charge in [0, 0.05) is 6.10 Å². The van der Waals surface area contributed by atoms with E-state index in [1.807, 2.05) is 43.3 Å². The molecule has 0 saturated heterocycles. The first-order valence-electron chi connectivity index (χ1n) is 18.5. The fourth-order valence-electron chi connectivity index (χ4n) is 6.77. The first kappa shape index (κ1) is 46.9. The summed E-state index contributed by atoms with van der Waals surface area (Å²) < 4.78 is 97.5. The van der Waals surface area contributed by atoms with E-state index < -0.39 is 78.8 Å². The predicted octanol–water partition coefficient (Wildman–Crippen LogP) is 9.15. The number of hydrogen-bond donors (Lipinski definition) is 4. The molecule has 1 heterocycles. The number of rotatable bonds is 16. The quantitative estimate of drug-likeness (QED) is 0.0289. The lowest BCUT2D eigenvalue weighted by molar-refractivity contribution is -0.273. The van der Waals surface area contributed by atoms with E-state index in [9.17, 15) is 27.6 Å². The van der Waals surface area contributed by atoms with Gasteiger partial charge < -0.3 is 14.3 Å². The molecule has 4 N–H and O–H groups in total. The van der Waals surface area contributed by atoms with Crippen LogP contribution in [0.4, 0.5) is 36.8 Å². The molecule has 1 aromatic heterocycles. The van der Waals surface area contributed by atoms with Gasteiger partial charge in [-0.05, 0) is 69.2 Å². The standard InChI is InChI=1S/C41H45BrF6N4O6Si/c1-27(58-59(38(2,3)4,29-20-12-6-13-21-29)30-22-14-7-15-23-30)17-9-8-16-24-39(41(46,47)48,57-26-28-18-10-5-11-19-28)36(54)52-51-35(53)33-32(49-37(55)56)25-31(34(42)50-33)40(43,44)45/h5-7,10-15,18-23,25,27,49H,8-9,16-17,24,26H2,1-4H3,(H,51,53)(H,52,54)(H,55,56)/t27?,39-/m1/s1. The van der Waals surface area contributed by atoms with Crippen molar-refractivity contribution >= 4 is 58.2 Å². The third-order valence-corrected chi connectivity index (χ3v) is 15.4. The van der Waals surface area contributed by atoms with Crippen LogP contribution in [-0.4, -0.2) is 54.2 Å². The highest BCUT2D eigenvalue weighted by Gasteiger charge is 2.61. The average Bonchev–Trinajstić information content (AvgIpc) is 3.17. The highest BCUT2D eigenvalue weighted by atomic mass is 79.9. The van der Waals surface area contributed by atoms with Gasteiger partial charge in [0.05, 0.1) is 17.9 Å². The topological polar surface area (TPSA) is 139 Å². The van der Waals surface area contributed by atoms with E-state index in [2.05, 4.69) is 66.0 Å². The van der Waals surface area contributed by atoms with Crippen molar-refractivity contribution in [3.05, 3.63) is 118 Å². The largest absolute Gasteiger partial charge is 0.465 e. The molecule has 1 unspecified atom stereocenters. The Morgan fingerprint density at radius 1 is 0.814 bits per heavy atom.